The molecule has 0 heterocycles. The average molecular weight is 134 g/mol. The zero-order valence-electron chi connectivity index (χ0n) is 5.88. The highest BCUT2D eigenvalue weighted by Crippen LogP contribution is 2.27. The Morgan fingerprint density at radius 3 is 1.90 bits per heavy atom. The summed E-state index contributed by atoms with van der Waals surface area (Å²) in [5.74, 6) is 0.303. The van der Waals surface area contributed by atoms with Crippen molar-refractivity contribution in [3.05, 3.63) is 0 Å². The third kappa shape index (κ3) is 1.48. The van der Waals surface area contributed by atoms with Gasteiger partial charge in [-0.25, -0.2) is 0 Å². The van der Waals surface area contributed by atoms with E-state index in [0.29, 0.717) is 0 Å². The van der Waals surface area contributed by atoms with Crippen LogP contribution in [0.2, 0.25) is 0 Å². The topological polar surface area (TPSA) is 47.6 Å². The molecule has 52 valence electrons. The Morgan fingerprint density at radius 2 is 1.50 bits per heavy atom. The molecule has 1 aliphatic rings. The second-order valence-electron chi connectivity index (χ2n) is 2.82. The van der Waals surface area contributed by atoms with Crippen LogP contribution in [0.4, 0.5) is 0 Å². The smallest absolute Gasteiger partial charge is 0.0656 e. The first-order chi connectivity index (χ1) is 4.86. The molecule has 2 atom stereocenters. The Morgan fingerprint density at radius 1 is 1.00 bits per heavy atom. The SMILES string of the molecule is N#C[C@H]1CCC[C@H](C#N)C1. The molecule has 1 aliphatic carbocycles. The fourth-order valence-corrected chi connectivity index (χ4v) is 1.42. The minimum absolute atomic E-state index is 0.151. The van der Waals surface area contributed by atoms with Crippen molar-refractivity contribution < 1.29 is 0 Å². The second-order valence-corrected chi connectivity index (χ2v) is 2.82. The summed E-state index contributed by atoms with van der Waals surface area (Å²) in [6.07, 6.45) is 3.84. The van der Waals surface area contributed by atoms with Crippen molar-refractivity contribution in [3.8, 4) is 12.1 Å². The zero-order chi connectivity index (χ0) is 7.40. The van der Waals surface area contributed by atoms with Crippen molar-refractivity contribution in [2.75, 3.05) is 0 Å². The molecule has 0 amide bonds. The molecule has 0 spiro atoms. The molecular weight excluding hydrogens is 124 g/mol. The number of nitriles is 2. The fourth-order valence-electron chi connectivity index (χ4n) is 1.42. The molecule has 0 bridgehead atoms. The molecule has 0 saturated heterocycles. The van der Waals surface area contributed by atoms with Gasteiger partial charge in [-0.15, -0.1) is 0 Å². The van der Waals surface area contributed by atoms with Gasteiger partial charge in [0.2, 0.25) is 0 Å². The van der Waals surface area contributed by atoms with Gasteiger partial charge in [-0.1, -0.05) is 6.42 Å². The van der Waals surface area contributed by atoms with E-state index >= 15 is 0 Å². The maximum atomic E-state index is 8.54. The van der Waals surface area contributed by atoms with Crippen LogP contribution in [-0.4, -0.2) is 0 Å². The summed E-state index contributed by atoms with van der Waals surface area (Å²) in [4.78, 5) is 0. The molecule has 0 N–H and O–H groups in total. The molecule has 0 aromatic carbocycles. The van der Waals surface area contributed by atoms with E-state index in [1.807, 2.05) is 0 Å². The third-order valence-electron chi connectivity index (χ3n) is 2.04. The lowest BCUT2D eigenvalue weighted by molar-refractivity contribution is 0.365. The predicted molar refractivity (Wildman–Crippen MR) is 36.7 cm³/mol. The summed E-state index contributed by atoms with van der Waals surface area (Å²) >= 11 is 0. The predicted octanol–water partition coefficient (Wildman–Crippen LogP) is 1.84. The van der Waals surface area contributed by atoms with E-state index in [1.54, 1.807) is 0 Å². The summed E-state index contributed by atoms with van der Waals surface area (Å²) < 4.78 is 0. The van der Waals surface area contributed by atoms with E-state index in [2.05, 4.69) is 12.1 Å². The van der Waals surface area contributed by atoms with E-state index in [-0.39, 0.29) is 11.8 Å². The first kappa shape index (κ1) is 7.09. The van der Waals surface area contributed by atoms with Crippen LogP contribution in [0.5, 0.6) is 0 Å². The van der Waals surface area contributed by atoms with Crippen molar-refractivity contribution in [3.63, 3.8) is 0 Å². The summed E-state index contributed by atoms with van der Waals surface area (Å²) in [5.41, 5.74) is 0. The average Bonchev–Trinajstić information content (AvgIpc) is 2.05. The molecule has 0 aliphatic heterocycles. The van der Waals surface area contributed by atoms with Gasteiger partial charge < -0.3 is 0 Å². The monoisotopic (exact) mass is 134 g/mol. The van der Waals surface area contributed by atoms with Gasteiger partial charge in [-0.3, -0.25) is 0 Å². The van der Waals surface area contributed by atoms with Gasteiger partial charge in [0, 0.05) is 11.8 Å². The zero-order valence-corrected chi connectivity index (χ0v) is 5.88. The molecule has 0 radical (unpaired) electrons. The largest absolute Gasteiger partial charge is 0.198 e. The molecular formula is C8H10N2. The van der Waals surface area contributed by atoms with Crippen molar-refractivity contribution in [2.45, 2.75) is 25.7 Å². The molecule has 1 rings (SSSR count). The van der Waals surface area contributed by atoms with E-state index < -0.39 is 0 Å². The van der Waals surface area contributed by atoms with Gasteiger partial charge >= 0.3 is 0 Å². The van der Waals surface area contributed by atoms with Gasteiger partial charge in [0.25, 0.3) is 0 Å². The minimum atomic E-state index is 0.151. The second kappa shape index (κ2) is 3.22. The van der Waals surface area contributed by atoms with Crippen LogP contribution in [0, 0.1) is 34.5 Å². The summed E-state index contributed by atoms with van der Waals surface area (Å²) in [6.45, 7) is 0. The third-order valence-corrected chi connectivity index (χ3v) is 2.04. The van der Waals surface area contributed by atoms with Crippen LogP contribution in [-0.2, 0) is 0 Å². The Bertz CT molecular complexity index is 164. The van der Waals surface area contributed by atoms with Crippen LogP contribution in [0.15, 0.2) is 0 Å². The molecule has 0 aromatic rings. The first-order valence-corrected chi connectivity index (χ1v) is 3.66. The minimum Gasteiger partial charge on any atom is -0.198 e. The maximum absolute atomic E-state index is 8.54. The van der Waals surface area contributed by atoms with Crippen LogP contribution < -0.4 is 0 Å². The highest BCUT2D eigenvalue weighted by molar-refractivity contribution is 4.94. The molecule has 0 aromatic heterocycles. The molecule has 2 heteroatoms. The van der Waals surface area contributed by atoms with Gasteiger partial charge in [-0.05, 0) is 19.3 Å². The fraction of sp³-hybridized carbons (Fsp3) is 0.750. The molecule has 0 unspecified atom stereocenters. The molecule has 1 saturated carbocycles. The number of rotatable bonds is 0. The van der Waals surface area contributed by atoms with E-state index in [0.717, 1.165) is 25.7 Å². The van der Waals surface area contributed by atoms with Crippen molar-refractivity contribution >= 4 is 0 Å². The molecule has 2 nitrogen and oxygen atoms in total. The lowest BCUT2D eigenvalue weighted by Crippen LogP contribution is -2.12. The molecule has 1 fully saturated rings. The van der Waals surface area contributed by atoms with Crippen molar-refractivity contribution in [2.24, 2.45) is 11.8 Å². The number of hydrogen-bond donors (Lipinski definition) is 0. The van der Waals surface area contributed by atoms with Gasteiger partial charge in [0.1, 0.15) is 0 Å². The Labute approximate surface area is 61.1 Å². The maximum Gasteiger partial charge on any atom is 0.0656 e. The van der Waals surface area contributed by atoms with Crippen LogP contribution >= 0.6 is 0 Å². The lowest BCUT2D eigenvalue weighted by Gasteiger charge is -2.18. The normalized spacial score (nSPS) is 32.2. The van der Waals surface area contributed by atoms with Crippen LogP contribution in [0.1, 0.15) is 25.7 Å². The van der Waals surface area contributed by atoms with Crippen molar-refractivity contribution in [1.82, 2.24) is 0 Å². The standard InChI is InChI=1S/C8H10N2/c9-5-7-2-1-3-8(4-7)6-10/h7-8H,1-4H2/t7-,8-/m0/s1. The van der Waals surface area contributed by atoms with Gasteiger partial charge in [0.05, 0.1) is 12.1 Å². The van der Waals surface area contributed by atoms with E-state index in [1.165, 1.54) is 0 Å². The lowest BCUT2D eigenvalue weighted by atomic mass is 9.83. The van der Waals surface area contributed by atoms with E-state index in [9.17, 15) is 0 Å². The number of nitrogens with zero attached hydrogens (tertiary/aromatic N) is 2. The summed E-state index contributed by atoms with van der Waals surface area (Å²) in [7, 11) is 0. The summed E-state index contributed by atoms with van der Waals surface area (Å²) in [6, 6.07) is 4.43. The highest BCUT2D eigenvalue weighted by Gasteiger charge is 2.20. The van der Waals surface area contributed by atoms with Crippen molar-refractivity contribution in [1.29, 1.82) is 10.5 Å². The summed E-state index contributed by atoms with van der Waals surface area (Å²) in [5, 5.41) is 17.1. The molecule has 10 heavy (non-hydrogen) atoms. The van der Waals surface area contributed by atoms with Gasteiger partial charge in [0.15, 0.2) is 0 Å². The quantitative estimate of drug-likeness (QED) is 0.507. The Hall–Kier alpha value is -1.02. The van der Waals surface area contributed by atoms with Crippen LogP contribution in [0.25, 0.3) is 0 Å². The van der Waals surface area contributed by atoms with Gasteiger partial charge in [-0.2, -0.15) is 10.5 Å². The van der Waals surface area contributed by atoms with E-state index in [4.69, 9.17) is 10.5 Å². The Kier molecular flexibility index (Phi) is 2.29. The number of hydrogen-bond acceptors (Lipinski definition) is 2. The van der Waals surface area contributed by atoms with Crippen LogP contribution in [0.3, 0.4) is 0 Å². The first-order valence-electron chi connectivity index (χ1n) is 3.66. The Balaban J connectivity index is 2.43. The highest BCUT2D eigenvalue weighted by atomic mass is 14.3.